The van der Waals surface area contributed by atoms with Crippen LogP contribution >= 0.6 is 0 Å². The number of aliphatic carboxylic acids is 1. The Balaban J connectivity index is 0.000000505. The van der Waals surface area contributed by atoms with Crippen LogP contribution < -0.4 is 10.1 Å². The highest BCUT2D eigenvalue weighted by Gasteiger charge is 2.39. The Morgan fingerprint density at radius 3 is 2.39 bits per heavy atom. The quantitative estimate of drug-likeness (QED) is 0.572. The van der Waals surface area contributed by atoms with Crippen molar-refractivity contribution in [3.05, 3.63) is 41.5 Å². The van der Waals surface area contributed by atoms with Gasteiger partial charge < -0.3 is 24.5 Å². The number of alkyl halides is 3. The van der Waals surface area contributed by atoms with E-state index in [1.165, 1.54) is 5.56 Å². The minimum Gasteiger partial charge on any atom is -0.497 e. The molecule has 1 fully saturated rings. The molecule has 4 rings (SSSR count). The van der Waals surface area contributed by atoms with Crippen LogP contribution in [0, 0.1) is 5.41 Å². The van der Waals surface area contributed by atoms with Crippen LogP contribution in [0.15, 0.2) is 24.3 Å². The Kier molecular flexibility index (Phi) is 9.71. The van der Waals surface area contributed by atoms with Gasteiger partial charge in [-0.1, -0.05) is 19.1 Å². The van der Waals surface area contributed by atoms with Crippen LogP contribution in [0.25, 0.3) is 0 Å². The predicted molar refractivity (Wildman–Crippen MR) is 131 cm³/mol. The molecule has 0 bridgehead atoms. The largest absolute Gasteiger partial charge is 0.497 e. The standard InChI is InChI=1S/C23H33N5O3.C2HF3O2/c1-4-17(2)24-22(29)21-26-25-20-14-31-16-23(15-28(20)21)9-11-27(12-10-23)13-18-5-7-19(30-3)8-6-18;3-2(4,5)1(6)7/h5-8,17H,4,9-16H2,1-3H3,(H,24,29);(H,6,7). The van der Waals surface area contributed by atoms with E-state index in [1.54, 1.807) is 7.11 Å². The highest BCUT2D eigenvalue weighted by Crippen LogP contribution is 2.37. The number of benzene rings is 1. The first-order valence-electron chi connectivity index (χ1n) is 12.4. The maximum atomic E-state index is 12.7. The summed E-state index contributed by atoms with van der Waals surface area (Å²) in [5, 5.41) is 18.6. The van der Waals surface area contributed by atoms with Gasteiger partial charge in [-0.3, -0.25) is 9.69 Å². The molecule has 2 aliphatic heterocycles. The number of amides is 1. The number of carbonyl (C=O) groups is 2. The Labute approximate surface area is 219 Å². The van der Waals surface area contributed by atoms with E-state index in [0.29, 0.717) is 19.0 Å². The maximum Gasteiger partial charge on any atom is 0.490 e. The van der Waals surface area contributed by atoms with Gasteiger partial charge in [-0.05, 0) is 57.0 Å². The van der Waals surface area contributed by atoms with Crippen LogP contribution in [0.5, 0.6) is 5.75 Å². The number of likely N-dealkylation sites (tertiary alicyclic amines) is 1. The summed E-state index contributed by atoms with van der Waals surface area (Å²) in [7, 11) is 1.69. The molecule has 10 nitrogen and oxygen atoms in total. The number of carbonyl (C=O) groups excluding carboxylic acids is 1. The zero-order chi connectivity index (χ0) is 27.9. The van der Waals surface area contributed by atoms with Crippen molar-refractivity contribution in [2.75, 3.05) is 26.8 Å². The van der Waals surface area contributed by atoms with E-state index in [9.17, 15) is 18.0 Å². The van der Waals surface area contributed by atoms with E-state index in [1.807, 2.05) is 23.6 Å². The second kappa shape index (κ2) is 12.6. The molecule has 0 aliphatic carbocycles. The molecule has 0 saturated carbocycles. The van der Waals surface area contributed by atoms with Crippen molar-refractivity contribution in [1.29, 1.82) is 0 Å². The Morgan fingerprint density at radius 2 is 1.84 bits per heavy atom. The second-order valence-corrected chi connectivity index (χ2v) is 9.73. The van der Waals surface area contributed by atoms with Crippen LogP contribution in [0.2, 0.25) is 0 Å². The fourth-order valence-electron chi connectivity index (χ4n) is 4.38. The van der Waals surface area contributed by atoms with Crippen molar-refractivity contribution in [2.24, 2.45) is 5.41 Å². The molecule has 3 heterocycles. The van der Waals surface area contributed by atoms with Crippen molar-refractivity contribution in [1.82, 2.24) is 25.0 Å². The van der Waals surface area contributed by atoms with E-state index in [-0.39, 0.29) is 17.4 Å². The number of nitrogens with one attached hydrogen (secondary N) is 1. The lowest BCUT2D eigenvalue weighted by molar-refractivity contribution is -0.192. The fourth-order valence-corrected chi connectivity index (χ4v) is 4.38. The third-order valence-corrected chi connectivity index (χ3v) is 6.88. The van der Waals surface area contributed by atoms with Crippen molar-refractivity contribution >= 4 is 11.9 Å². The topological polar surface area (TPSA) is 119 Å². The van der Waals surface area contributed by atoms with Gasteiger partial charge in [0, 0.05) is 24.5 Å². The van der Waals surface area contributed by atoms with E-state index in [4.69, 9.17) is 19.4 Å². The van der Waals surface area contributed by atoms with Gasteiger partial charge in [0.25, 0.3) is 5.91 Å². The number of carboxylic acid groups (broad SMARTS) is 1. The van der Waals surface area contributed by atoms with Gasteiger partial charge in [-0.25, -0.2) is 4.79 Å². The van der Waals surface area contributed by atoms with Crippen LogP contribution in [-0.4, -0.2) is 75.7 Å². The summed E-state index contributed by atoms with van der Waals surface area (Å²) in [5.41, 5.74) is 1.30. The minimum atomic E-state index is -5.08. The summed E-state index contributed by atoms with van der Waals surface area (Å²) in [4.78, 5) is 24.1. The Hall–Kier alpha value is -3.19. The van der Waals surface area contributed by atoms with Crippen LogP contribution in [-0.2, 0) is 29.2 Å². The number of halogens is 3. The summed E-state index contributed by atoms with van der Waals surface area (Å²) in [6.45, 7) is 8.82. The average molecular weight is 542 g/mol. The molecule has 210 valence electrons. The van der Waals surface area contributed by atoms with Crippen molar-refractivity contribution in [3.63, 3.8) is 0 Å². The summed E-state index contributed by atoms with van der Waals surface area (Å²) in [5.74, 6) is -0.878. The number of hydrogen-bond donors (Lipinski definition) is 2. The molecule has 2 aromatic rings. The number of fused-ring (bicyclic) bond motifs is 1. The number of piperidine rings is 1. The summed E-state index contributed by atoms with van der Waals surface area (Å²) in [6.07, 6.45) is -2.16. The molecule has 1 spiro atoms. The summed E-state index contributed by atoms with van der Waals surface area (Å²) >= 11 is 0. The monoisotopic (exact) mass is 541 g/mol. The molecule has 0 radical (unpaired) electrons. The first-order valence-corrected chi connectivity index (χ1v) is 12.4. The molecule has 2 N–H and O–H groups in total. The Bertz CT molecular complexity index is 1080. The molecule has 1 aromatic heterocycles. The van der Waals surface area contributed by atoms with E-state index >= 15 is 0 Å². The third-order valence-electron chi connectivity index (χ3n) is 6.88. The van der Waals surface area contributed by atoms with Crippen molar-refractivity contribution in [2.45, 2.75) is 65.0 Å². The Morgan fingerprint density at radius 1 is 1.21 bits per heavy atom. The highest BCUT2D eigenvalue weighted by molar-refractivity contribution is 5.90. The molecule has 1 aromatic carbocycles. The van der Waals surface area contributed by atoms with E-state index < -0.39 is 12.1 Å². The van der Waals surface area contributed by atoms with Crippen LogP contribution in [0.4, 0.5) is 13.2 Å². The first kappa shape index (κ1) is 29.4. The number of hydrogen-bond acceptors (Lipinski definition) is 7. The van der Waals surface area contributed by atoms with Gasteiger partial charge in [-0.2, -0.15) is 13.2 Å². The second-order valence-electron chi connectivity index (χ2n) is 9.73. The molecule has 1 atom stereocenters. The lowest BCUT2D eigenvalue weighted by atomic mass is 9.78. The van der Waals surface area contributed by atoms with E-state index in [0.717, 1.165) is 57.0 Å². The number of aromatic nitrogens is 3. The SMILES string of the molecule is CCC(C)NC(=O)c1nnc2n1CC1(CCN(Cc3ccc(OC)cc3)CC1)COC2.O=C(O)C(F)(F)F. The highest BCUT2D eigenvalue weighted by atomic mass is 19.4. The van der Waals surface area contributed by atoms with Gasteiger partial charge in [0.2, 0.25) is 5.82 Å². The molecular weight excluding hydrogens is 507 g/mol. The zero-order valence-electron chi connectivity index (χ0n) is 21.8. The maximum absolute atomic E-state index is 12.7. The predicted octanol–water partition coefficient (Wildman–Crippen LogP) is 3.26. The number of carboxylic acids is 1. The number of methoxy groups -OCH3 is 1. The van der Waals surface area contributed by atoms with Crippen molar-refractivity contribution < 1.29 is 37.3 Å². The summed E-state index contributed by atoms with van der Waals surface area (Å²) < 4.78 is 45.0. The number of ether oxygens (including phenoxy) is 2. The third kappa shape index (κ3) is 7.67. The average Bonchev–Trinajstić information content (AvgIpc) is 3.19. The molecular formula is C25H34F3N5O5. The zero-order valence-corrected chi connectivity index (χ0v) is 21.8. The lowest BCUT2D eigenvalue weighted by Crippen LogP contribution is -2.44. The molecule has 1 saturated heterocycles. The van der Waals surface area contributed by atoms with Crippen LogP contribution in [0.1, 0.15) is 55.1 Å². The first-order chi connectivity index (χ1) is 18.0. The number of rotatable bonds is 6. The molecule has 38 heavy (non-hydrogen) atoms. The van der Waals surface area contributed by atoms with Gasteiger partial charge in [0.15, 0.2) is 5.82 Å². The summed E-state index contributed by atoms with van der Waals surface area (Å²) in [6, 6.07) is 8.39. The smallest absolute Gasteiger partial charge is 0.490 e. The number of nitrogens with zero attached hydrogens (tertiary/aromatic N) is 4. The fraction of sp³-hybridized carbons (Fsp3) is 0.600. The lowest BCUT2D eigenvalue weighted by Gasteiger charge is -2.41. The molecule has 1 unspecified atom stereocenters. The van der Waals surface area contributed by atoms with E-state index in [2.05, 4.69) is 39.5 Å². The minimum absolute atomic E-state index is 0.00937. The van der Waals surface area contributed by atoms with Crippen LogP contribution in [0.3, 0.4) is 0 Å². The molecule has 1 amide bonds. The van der Waals surface area contributed by atoms with Crippen molar-refractivity contribution in [3.8, 4) is 5.75 Å². The molecule has 2 aliphatic rings. The van der Waals surface area contributed by atoms with Gasteiger partial charge >= 0.3 is 12.1 Å². The van der Waals surface area contributed by atoms with Gasteiger partial charge in [-0.15, -0.1) is 10.2 Å². The van der Waals surface area contributed by atoms with Gasteiger partial charge in [0.05, 0.1) is 13.7 Å². The van der Waals surface area contributed by atoms with Gasteiger partial charge in [0.1, 0.15) is 12.4 Å². The normalized spacial score (nSPS) is 17.9. The molecule has 13 heteroatoms.